The Morgan fingerprint density at radius 2 is 2.00 bits per heavy atom. The fourth-order valence-electron chi connectivity index (χ4n) is 2.32. The number of benzene rings is 1. The van der Waals surface area contributed by atoms with Gasteiger partial charge in [0.25, 0.3) is 0 Å². The number of nitrogens with one attached hydrogen (secondary N) is 1. The Morgan fingerprint density at radius 1 is 1.30 bits per heavy atom. The van der Waals surface area contributed by atoms with Gasteiger partial charge in [-0.05, 0) is 44.9 Å². The summed E-state index contributed by atoms with van der Waals surface area (Å²) in [5.74, 6) is -0.148. The lowest BCUT2D eigenvalue weighted by molar-refractivity contribution is 0.561. The van der Waals surface area contributed by atoms with Crippen LogP contribution in [0.4, 0.5) is 4.39 Å². The van der Waals surface area contributed by atoms with Crippen molar-refractivity contribution in [3.05, 3.63) is 52.1 Å². The fourth-order valence-corrected chi connectivity index (χ4v) is 2.32. The van der Waals surface area contributed by atoms with E-state index in [1.807, 2.05) is 37.7 Å². The predicted molar refractivity (Wildman–Crippen MR) is 79.1 cm³/mol. The molecule has 0 amide bonds. The molecule has 2 rings (SSSR count). The fraction of sp³-hybridized carbons (Fsp3) is 0.438. The molecule has 1 N–H and O–H groups in total. The molecule has 0 fully saturated rings. The Balaban J connectivity index is 2.08. The molecule has 1 unspecified atom stereocenters. The average Bonchev–Trinajstić information content (AvgIpc) is 2.64. The molecule has 0 aliphatic heterocycles. The molecule has 3 nitrogen and oxygen atoms in total. The van der Waals surface area contributed by atoms with E-state index in [2.05, 4.69) is 17.3 Å². The smallest absolute Gasteiger partial charge is 0.126 e. The van der Waals surface area contributed by atoms with Crippen molar-refractivity contribution in [3.63, 3.8) is 0 Å². The summed E-state index contributed by atoms with van der Waals surface area (Å²) in [6, 6.07) is 5.50. The van der Waals surface area contributed by atoms with Crippen LogP contribution >= 0.6 is 0 Å². The first-order chi connectivity index (χ1) is 9.40. The molecule has 4 heteroatoms. The predicted octanol–water partition coefficient (Wildman–Crippen LogP) is 3.34. The number of halogens is 1. The van der Waals surface area contributed by atoms with Gasteiger partial charge in [-0.2, -0.15) is 5.10 Å². The molecule has 0 bridgehead atoms. The molecule has 1 aromatic carbocycles. The SMILES string of the molecule is Cc1ccc(C(C)NCc2c(C)nn(C)c2C)cc1F. The van der Waals surface area contributed by atoms with E-state index in [4.69, 9.17) is 0 Å². The summed E-state index contributed by atoms with van der Waals surface area (Å²) in [5.41, 5.74) is 5.07. The van der Waals surface area contributed by atoms with Crippen LogP contribution in [-0.4, -0.2) is 9.78 Å². The van der Waals surface area contributed by atoms with Crippen LogP contribution in [0.2, 0.25) is 0 Å². The van der Waals surface area contributed by atoms with Gasteiger partial charge in [0.05, 0.1) is 5.69 Å². The number of rotatable bonds is 4. The maximum absolute atomic E-state index is 13.6. The van der Waals surface area contributed by atoms with E-state index in [1.54, 1.807) is 13.0 Å². The maximum atomic E-state index is 13.6. The summed E-state index contributed by atoms with van der Waals surface area (Å²) in [6.07, 6.45) is 0. The van der Waals surface area contributed by atoms with Gasteiger partial charge in [0.1, 0.15) is 5.82 Å². The van der Waals surface area contributed by atoms with Gasteiger partial charge >= 0.3 is 0 Å². The summed E-state index contributed by atoms with van der Waals surface area (Å²) < 4.78 is 15.5. The lowest BCUT2D eigenvalue weighted by Crippen LogP contribution is -2.19. The summed E-state index contributed by atoms with van der Waals surface area (Å²) in [7, 11) is 1.95. The van der Waals surface area contributed by atoms with Crippen LogP contribution < -0.4 is 5.32 Å². The van der Waals surface area contributed by atoms with Crippen molar-refractivity contribution >= 4 is 0 Å². The summed E-state index contributed by atoms with van der Waals surface area (Å²) in [5, 5.41) is 7.84. The normalized spacial score (nSPS) is 12.7. The third kappa shape index (κ3) is 2.90. The van der Waals surface area contributed by atoms with Gasteiger partial charge in [0.15, 0.2) is 0 Å². The van der Waals surface area contributed by atoms with Crippen molar-refractivity contribution in [3.8, 4) is 0 Å². The van der Waals surface area contributed by atoms with Gasteiger partial charge in [0.2, 0.25) is 0 Å². The van der Waals surface area contributed by atoms with Crippen molar-refractivity contribution in [2.45, 2.75) is 40.3 Å². The van der Waals surface area contributed by atoms with E-state index in [0.717, 1.165) is 23.5 Å². The zero-order chi connectivity index (χ0) is 14.9. The molecule has 1 atom stereocenters. The molecule has 108 valence electrons. The molecule has 0 saturated heterocycles. The Morgan fingerprint density at radius 3 is 2.55 bits per heavy atom. The number of hydrogen-bond acceptors (Lipinski definition) is 2. The third-order valence-electron chi connectivity index (χ3n) is 3.94. The van der Waals surface area contributed by atoms with Crippen molar-refractivity contribution in [2.75, 3.05) is 0 Å². The molecule has 0 radical (unpaired) electrons. The number of hydrogen-bond donors (Lipinski definition) is 1. The second-order valence-electron chi connectivity index (χ2n) is 5.38. The molecule has 0 saturated carbocycles. The van der Waals surface area contributed by atoms with E-state index >= 15 is 0 Å². The molecule has 0 spiro atoms. The monoisotopic (exact) mass is 275 g/mol. The highest BCUT2D eigenvalue weighted by atomic mass is 19.1. The van der Waals surface area contributed by atoms with Crippen LogP contribution in [-0.2, 0) is 13.6 Å². The topological polar surface area (TPSA) is 29.9 Å². The molecule has 20 heavy (non-hydrogen) atoms. The minimum atomic E-state index is -0.148. The van der Waals surface area contributed by atoms with Crippen molar-refractivity contribution < 1.29 is 4.39 Å². The van der Waals surface area contributed by atoms with E-state index in [1.165, 1.54) is 5.56 Å². The number of nitrogens with zero attached hydrogens (tertiary/aromatic N) is 2. The highest BCUT2D eigenvalue weighted by Gasteiger charge is 2.12. The van der Waals surface area contributed by atoms with Gasteiger partial charge in [-0.1, -0.05) is 12.1 Å². The van der Waals surface area contributed by atoms with E-state index < -0.39 is 0 Å². The van der Waals surface area contributed by atoms with Gasteiger partial charge in [-0.15, -0.1) is 0 Å². The van der Waals surface area contributed by atoms with Crippen LogP contribution in [0.3, 0.4) is 0 Å². The third-order valence-corrected chi connectivity index (χ3v) is 3.94. The van der Waals surface area contributed by atoms with Crippen LogP contribution in [0.5, 0.6) is 0 Å². The van der Waals surface area contributed by atoms with E-state index in [0.29, 0.717) is 5.56 Å². The molecular weight excluding hydrogens is 253 g/mol. The summed E-state index contributed by atoms with van der Waals surface area (Å²) in [4.78, 5) is 0. The Labute approximate surface area is 119 Å². The molecule has 0 aliphatic carbocycles. The van der Waals surface area contributed by atoms with Gasteiger partial charge in [0, 0.05) is 30.9 Å². The quantitative estimate of drug-likeness (QED) is 0.927. The lowest BCUT2D eigenvalue weighted by Gasteiger charge is -2.15. The molecule has 1 aromatic heterocycles. The van der Waals surface area contributed by atoms with Gasteiger partial charge < -0.3 is 5.32 Å². The Bertz CT molecular complexity index is 616. The summed E-state index contributed by atoms with van der Waals surface area (Å²) in [6.45, 7) is 8.64. The van der Waals surface area contributed by atoms with Gasteiger partial charge in [-0.25, -0.2) is 4.39 Å². The first kappa shape index (κ1) is 14.7. The average molecular weight is 275 g/mol. The second kappa shape index (κ2) is 5.75. The van der Waals surface area contributed by atoms with Crippen LogP contribution in [0.1, 0.15) is 41.0 Å². The maximum Gasteiger partial charge on any atom is 0.126 e. The molecule has 2 aromatic rings. The largest absolute Gasteiger partial charge is 0.306 e. The zero-order valence-electron chi connectivity index (χ0n) is 12.8. The second-order valence-corrected chi connectivity index (χ2v) is 5.38. The first-order valence-corrected chi connectivity index (χ1v) is 6.88. The number of aryl methyl sites for hydroxylation is 3. The van der Waals surface area contributed by atoms with Crippen LogP contribution in [0.15, 0.2) is 18.2 Å². The van der Waals surface area contributed by atoms with Crippen molar-refractivity contribution in [2.24, 2.45) is 7.05 Å². The molecule has 0 aliphatic rings. The Hall–Kier alpha value is -1.68. The van der Waals surface area contributed by atoms with Crippen molar-refractivity contribution in [1.29, 1.82) is 0 Å². The van der Waals surface area contributed by atoms with Crippen LogP contribution in [0.25, 0.3) is 0 Å². The van der Waals surface area contributed by atoms with Gasteiger partial charge in [-0.3, -0.25) is 4.68 Å². The minimum absolute atomic E-state index is 0.101. The van der Waals surface area contributed by atoms with E-state index in [-0.39, 0.29) is 11.9 Å². The minimum Gasteiger partial charge on any atom is -0.306 e. The summed E-state index contributed by atoms with van der Waals surface area (Å²) >= 11 is 0. The highest BCUT2D eigenvalue weighted by molar-refractivity contribution is 5.27. The standard InChI is InChI=1S/C16H22FN3/c1-10-6-7-14(8-16(10)17)11(2)18-9-15-12(3)19-20(5)13(15)4/h6-8,11,18H,9H2,1-5H3. The first-order valence-electron chi connectivity index (χ1n) is 6.88. The number of aromatic nitrogens is 2. The van der Waals surface area contributed by atoms with Crippen LogP contribution in [0, 0.1) is 26.6 Å². The van der Waals surface area contributed by atoms with Crippen molar-refractivity contribution in [1.82, 2.24) is 15.1 Å². The van der Waals surface area contributed by atoms with E-state index in [9.17, 15) is 4.39 Å². The molecular formula is C16H22FN3. The lowest BCUT2D eigenvalue weighted by atomic mass is 10.1. The Kier molecular flexibility index (Phi) is 4.23. The highest BCUT2D eigenvalue weighted by Crippen LogP contribution is 2.18. The zero-order valence-corrected chi connectivity index (χ0v) is 12.8. The molecule has 1 heterocycles.